The molecule has 32 heavy (non-hydrogen) atoms. The van der Waals surface area contributed by atoms with E-state index in [2.05, 4.69) is 27.5 Å². The first-order valence-electron chi connectivity index (χ1n) is 10.7. The molecule has 0 radical (unpaired) electrons. The maximum absolute atomic E-state index is 5.51. The molecule has 1 fully saturated rings. The first-order valence-corrected chi connectivity index (χ1v) is 10.7. The van der Waals surface area contributed by atoms with Crippen LogP contribution in [0.4, 0.5) is 5.69 Å². The van der Waals surface area contributed by atoms with E-state index in [0.29, 0.717) is 12.5 Å². The Balaban J connectivity index is 1.73. The number of hydrogen-bond acceptors (Lipinski definition) is 6. The van der Waals surface area contributed by atoms with E-state index in [-0.39, 0.29) is 0 Å². The number of ether oxygens (including phenoxy) is 2. The summed E-state index contributed by atoms with van der Waals surface area (Å²) >= 11 is 0. The molecule has 166 valence electrons. The van der Waals surface area contributed by atoms with Crippen molar-refractivity contribution in [3.8, 4) is 11.5 Å². The molecule has 1 saturated carbocycles. The van der Waals surface area contributed by atoms with Gasteiger partial charge in [-0.1, -0.05) is 12.7 Å². The van der Waals surface area contributed by atoms with Crippen molar-refractivity contribution in [1.82, 2.24) is 9.55 Å². The van der Waals surface area contributed by atoms with Gasteiger partial charge in [0.05, 0.1) is 32.7 Å². The van der Waals surface area contributed by atoms with E-state index >= 15 is 0 Å². The lowest BCUT2D eigenvalue weighted by atomic mass is 10.1. The molecule has 7 heteroatoms. The lowest BCUT2D eigenvalue weighted by molar-refractivity contribution is 0.394. The van der Waals surface area contributed by atoms with Gasteiger partial charge in [-0.25, -0.2) is 9.98 Å². The Bertz CT molecular complexity index is 1080. The molecule has 0 saturated heterocycles. The molecule has 2 aliphatic rings. The number of hydrogen-bond donors (Lipinski definition) is 0. The van der Waals surface area contributed by atoms with Crippen LogP contribution in [0.3, 0.4) is 0 Å². The Morgan fingerprint density at radius 2 is 1.97 bits per heavy atom. The Kier molecular flexibility index (Phi) is 6.54. The van der Waals surface area contributed by atoms with Crippen LogP contribution in [-0.2, 0) is 7.05 Å². The summed E-state index contributed by atoms with van der Waals surface area (Å²) < 4.78 is 13.0. The number of allylic oxidation sites excluding steroid dienone is 3. The fourth-order valence-electron chi connectivity index (χ4n) is 3.62. The molecule has 0 N–H and O–H groups in total. The van der Waals surface area contributed by atoms with Crippen molar-refractivity contribution < 1.29 is 9.47 Å². The van der Waals surface area contributed by atoms with Gasteiger partial charge in [0, 0.05) is 55.6 Å². The van der Waals surface area contributed by atoms with Gasteiger partial charge in [0.25, 0.3) is 0 Å². The first-order chi connectivity index (χ1) is 15.6. The normalized spacial score (nSPS) is 17.3. The summed E-state index contributed by atoms with van der Waals surface area (Å²) in [5.74, 6) is 2.96. The van der Waals surface area contributed by atoms with Crippen LogP contribution in [0.25, 0.3) is 0 Å². The summed E-state index contributed by atoms with van der Waals surface area (Å²) in [7, 11) is 5.29. The zero-order valence-electron chi connectivity index (χ0n) is 18.9. The van der Waals surface area contributed by atoms with Crippen LogP contribution in [-0.4, -0.2) is 48.8 Å². The quantitative estimate of drug-likeness (QED) is 0.559. The number of rotatable bonds is 9. The van der Waals surface area contributed by atoms with E-state index in [4.69, 9.17) is 14.5 Å². The summed E-state index contributed by atoms with van der Waals surface area (Å²) in [6.07, 6.45) is 13.8. The standard InChI is InChI=1S/C25H29N5O2/c1-5-6-20(11-19-15-26-16-24(28-19)25-27-9-10-29(25)2)30(17-18-7-8-18)21-12-22(31-3)14-23(13-21)32-4/h5-6,9-14,16,18H,1,7-8,15,17H2,2-4H3. The highest BCUT2D eigenvalue weighted by atomic mass is 16.5. The molecule has 1 aliphatic carbocycles. The van der Waals surface area contributed by atoms with Gasteiger partial charge in [-0.05, 0) is 30.9 Å². The molecule has 0 bridgehead atoms. The van der Waals surface area contributed by atoms with Crippen molar-refractivity contribution in [2.24, 2.45) is 23.0 Å². The van der Waals surface area contributed by atoms with Crippen molar-refractivity contribution >= 4 is 17.6 Å². The van der Waals surface area contributed by atoms with Crippen molar-refractivity contribution in [2.75, 3.05) is 32.2 Å². The van der Waals surface area contributed by atoms with Crippen LogP contribution in [0.2, 0.25) is 0 Å². The van der Waals surface area contributed by atoms with E-state index in [1.165, 1.54) is 12.8 Å². The zero-order chi connectivity index (χ0) is 22.5. The second-order valence-corrected chi connectivity index (χ2v) is 7.92. The van der Waals surface area contributed by atoms with E-state index in [0.717, 1.165) is 46.7 Å². The van der Waals surface area contributed by atoms with E-state index < -0.39 is 0 Å². The van der Waals surface area contributed by atoms with Crippen molar-refractivity contribution in [2.45, 2.75) is 12.8 Å². The SMILES string of the molecule is C=CC=C(C=C1CN=CC(c2nccn2C)=N1)N(CC1CC1)c1cc(OC)cc(OC)c1. The third kappa shape index (κ3) is 4.99. The first kappa shape index (κ1) is 21.6. The molecule has 0 unspecified atom stereocenters. The smallest absolute Gasteiger partial charge is 0.159 e. The van der Waals surface area contributed by atoms with E-state index in [9.17, 15) is 0 Å². The van der Waals surface area contributed by atoms with Crippen LogP contribution in [0.15, 0.2) is 76.8 Å². The molecular weight excluding hydrogens is 402 g/mol. The number of aryl methyl sites for hydroxylation is 1. The Labute approximate surface area is 189 Å². The average Bonchev–Trinajstić information content (AvgIpc) is 3.54. The predicted molar refractivity (Wildman–Crippen MR) is 129 cm³/mol. The minimum Gasteiger partial charge on any atom is -0.497 e. The fourth-order valence-corrected chi connectivity index (χ4v) is 3.62. The third-order valence-corrected chi connectivity index (χ3v) is 5.48. The molecule has 0 amide bonds. The minimum atomic E-state index is 0.515. The van der Waals surface area contributed by atoms with Crippen molar-refractivity contribution in [3.63, 3.8) is 0 Å². The second kappa shape index (κ2) is 9.68. The molecule has 1 aliphatic heterocycles. The van der Waals surface area contributed by atoms with Gasteiger partial charge < -0.3 is 18.9 Å². The number of benzene rings is 1. The monoisotopic (exact) mass is 431 g/mol. The molecule has 2 aromatic rings. The molecule has 0 spiro atoms. The molecular formula is C25H29N5O2. The van der Waals surface area contributed by atoms with Gasteiger partial charge in [-0.3, -0.25) is 4.99 Å². The molecule has 1 aromatic carbocycles. The molecule has 4 rings (SSSR count). The summed E-state index contributed by atoms with van der Waals surface area (Å²) in [5.41, 5.74) is 3.63. The molecule has 7 nitrogen and oxygen atoms in total. The van der Waals surface area contributed by atoms with Gasteiger partial charge >= 0.3 is 0 Å². The second-order valence-electron chi connectivity index (χ2n) is 7.92. The van der Waals surface area contributed by atoms with Gasteiger partial charge in [0.1, 0.15) is 17.2 Å². The van der Waals surface area contributed by atoms with Crippen LogP contribution in [0, 0.1) is 5.92 Å². The summed E-state index contributed by atoms with van der Waals surface area (Å²) in [6.45, 7) is 5.36. The Morgan fingerprint density at radius 3 is 2.56 bits per heavy atom. The largest absolute Gasteiger partial charge is 0.497 e. The number of aliphatic imine (C=N–C) groups is 2. The third-order valence-electron chi connectivity index (χ3n) is 5.48. The highest BCUT2D eigenvalue weighted by Crippen LogP contribution is 2.36. The van der Waals surface area contributed by atoms with Crippen LogP contribution in [0.1, 0.15) is 18.7 Å². The number of nitrogens with zero attached hydrogens (tertiary/aromatic N) is 5. The maximum atomic E-state index is 5.51. The minimum absolute atomic E-state index is 0.515. The van der Waals surface area contributed by atoms with Crippen molar-refractivity contribution in [1.29, 1.82) is 0 Å². The highest BCUT2D eigenvalue weighted by Gasteiger charge is 2.26. The fraction of sp³-hybridized carbons (Fsp3) is 0.320. The lowest BCUT2D eigenvalue weighted by Gasteiger charge is -2.27. The molecule has 1 aromatic heterocycles. The van der Waals surface area contributed by atoms with Crippen LogP contribution < -0.4 is 14.4 Å². The predicted octanol–water partition coefficient (Wildman–Crippen LogP) is 4.18. The van der Waals surface area contributed by atoms with Crippen LogP contribution >= 0.6 is 0 Å². The van der Waals surface area contributed by atoms with Gasteiger partial charge in [0.2, 0.25) is 0 Å². The van der Waals surface area contributed by atoms with Crippen LogP contribution in [0.5, 0.6) is 11.5 Å². The summed E-state index contributed by atoms with van der Waals surface area (Å²) in [6, 6.07) is 5.94. The zero-order valence-corrected chi connectivity index (χ0v) is 18.9. The van der Waals surface area contributed by atoms with E-state index in [1.54, 1.807) is 32.7 Å². The van der Waals surface area contributed by atoms with Gasteiger partial charge in [-0.15, -0.1) is 0 Å². The number of methoxy groups -OCH3 is 2. The number of aromatic nitrogens is 2. The lowest BCUT2D eigenvalue weighted by Crippen LogP contribution is -2.25. The molecule has 0 atom stereocenters. The van der Waals surface area contributed by atoms with Gasteiger partial charge in [-0.2, -0.15) is 0 Å². The highest BCUT2D eigenvalue weighted by molar-refractivity contribution is 6.37. The topological polar surface area (TPSA) is 64.2 Å². The molecule has 2 heterocycles. The average molecular weight is 432 g/mol. The summed E-state index contributed by atoms with van der Waals surface area (Å²) in [5, 5.41) is 0. The van der Waals surface area contributed by atoms with E-state index in [1.807, 2.05) is 42.1 Å². The summed E-state index contributed by atoms with van der Waals surface area (Å²) in [4.78, 5) is 16.0. The Hall–Kier alpha value is -3.61. The number of anilines is 1. The van der Waals surface area contributed by atoms with Crippen molar-refractivity contribution in [3.05, 3.63) is 72.6 Å². The Morgan fingerprint density at radius 1 is 1.22 bits per heavy atom. The number of imidazole rings is 1. The maximum Gasteiger partial charge on any atom is 0.159 e. The van der Waals surface area contributed by atoms with Gasteiger partial charge in [0.15, 0.2) is 5.82 Å².